The summed E-state index contributed by atoms with van der Waals surface area (Å²) in [7, 11) is -1.39. The Morgan fingerprint density at radius 3 is 1.47 bits per heavy atom. The highest BCUT2D eigenvalue weighted by molar-refractivity contribution is 6.81. The second kappa shape index (κ2) is 7.94. The van der Waals surface area contributed by atoms with Crippen LogP contribution in [0.1, 0.15) is 27.2 Å². The predicted octanol–water partition coefficient (Wildman–Crippen LogP) is 5.79. The summed E-state index contributed by atoms with van der Waals surface area (Å²) >= 11 is 5.87. The van der Waals surface area contributed by atoms with Crippen molar-refractivity contribution in [2.45, 2.75) is 51.4 Å². The maximum Gasteiger partial charge on any atom is 0.0656 e. The largest absolute Gasteiger partial charge is 0.127 e. The standard InChI is InChI=1S/C15H27ClSi/c1-13(2)10-17(9-7-8-16,11-14(3)4)12-15(5)6/h1,3,5,7-12H2,2,4,6H3. The summed E-state index contributed by atoms with van der Waals surface area (Å²) in [5, 5.41) is 0. The average Bonchev–Trinajstić information content (AvgIpc) is 2.11. The molecule has 0 spiro atoms. The monoisotopic (exact) mass is 270 g/mol. The first-order chi connectivity index (χ1) is 7.81. The molecule has 0 aromatic carbocycles. The van der Waals surface area contributed by atoms with Gasteiger partial charge in [0.2, 0.25) is 0 Å². The third-order valence-corrected chi connectivity index (χ3v) is 8.61. The molecule has 0 aliphatic heterocycles. The van der Waals surface area contributed by atoms with Gasteiger partial charge in [-0.05, 0) is 45.3 Å². The van der Waals surface area contributed by atoms with Gasteiger partial charge in [-0.1, -0.05) is 22.8 Å². The summed E-state index contributed by atoms with van der Waals surface area (Å²) < 4.78 is 0. The lowest BCUT2D eigenvalue weighted by molar-refractivity contribution is 1.01. The van der Waals surface area contributed by atoms with Crippen LogP contribution in [-0.2, 0) is 0 Å². The molecule has 0 unspecified atom stereocenters. The third kappa shape index (κ3) is 7.61. The molecule has 0 nitrogen and oxygen atoms in total. The van der Waals surface area contributed by atoms with Crippen molar-refractivity contribution in [3.63, 3.8) is 0 Å². The highest BCUT2D eigenvalue weighted by atomic mass is 35.5. The molecule has 0 bridgehead atoms. The van der Waals surface area contributed by atoms with E-state index in [2.05, 4.69) is 40.5 Å². The van der Waals surface area contributed by atoms with Crippen LogP contribution in [0.4, 0.5) is 0 Å². The van der Waals surface area contributed by atoms with Gasteiger partial charge in [-0.2, -0.15) is 0 Å². The van der Waals surface area contributed by atoms with Crippen molar-refractivity contribution in [3.05, 3.63) is 36.5 Å². The van der Waals surface area contributed by atoms with E-state index in [4.69, 9.17) is 11.6 Å². The van der Waals surface area contributed by atoms with Crippen LogP contribution in [0.5, 0.6) is 0 Å². The van der Waals surface area contributed by atoms with Crippen LogP contribution in [-0.4, -0.2) is 14.0 Å². The molecule has 0 rings (SSSR count). The number of rotatable bonds is 9. The molecule has 0 aromatic rings. The summed E-state index contributed by atoms with van der Waals surface area (Å²) in [5.74, 6) is 0.761. The molecule has 0 amide bonds. The third-order valence-electron chi connectivity index (χ3n) is 2.87. The number of halogens is 1. The molecule has 0 N–H and O–H groups in total. The molecular formula is C15H27ClSi. The molecule has 0 radical (unpaired) electrons. The summed E-state index contributed by atoms with van der Waals surface area (Å²) in [6.45, 7) is 18.7. The van der Waals surface area contributed by atoms with Crippen molar-refractivity contribution in [3.8, 4) is 0 Å². The van der Waals surface area contributed by atoms with Gasteiger partial charge in [0.05, 0.1) is 8.07 Å². The van der Waals surface area contributed by atoms with E-state index in [1.54, 1.807) is 0 Å². The Kier molecular flexibility index (Phi) is 7.81. The quantitative estimate of drug-likeness (QED) is 0.282. The maximum absolute atomic E-state index is 5.87. The van der Waals surface area contributed by atoms with Crippen LogP contribution < -0.4 is 0 Å². The Bertz CT molecular complexity index is 251. The van der Waals surface area contributed by atoms with Crippen LogP contribution in [0, 0.1) is 0 Å². The predicted molar refractivity (Wildman–Crippen MR) is 84.8 cm³/mol. The molecule has 2 heteroatoms. The topological polar surface area (TPSA) is 0 Å². The molecule has 0 aliphatic carbocycles. The Balaban J connectivity index is 4.95. The van der Waals surface area contributed by atoms with E-state index >= 15 is 0 Å². The molecule has 0 saturated heterocycles. The van der Waals surface area contributed by atoms with Gasteiger partial charge in [0.15, 0.2) is 0 Å². The fraction of sp³-hybridized carbons (Fsp3) is 0.600. The molecule has 0 aromatic heterocycles. The fourth-order valence-electron chi connectivity index (χ4n) is 2.81. The minimum Gasteiger partial charge on any atom is -0.127 e. The maximum atomic E-state index is 5.87. The summed E-state index contributed by atoms with van der Waals surface area (Å²) in [6.07, 6.45) is 1.11. The van der Waals surface area contributed by atoms with Gasteiger partial charge in [0, 0.05) is 5.88 Å². The zero-order chi connectivity index (χ0) is 13.5. The first kappa shape index (κ1) is 16.7. The molecule has 0 saturated carbocycles. The molecule has 98 valence electrons. The van der Waals surface area contributed by atoms with E-state index in [9.17, 15) is 0 Å². The van der Waals surface area contributed by atoms with Gasteiger partial charge in [0.1, 0.15) is 0 Å². The molecule has 17 heavy (non-hydrogen) atoms. The fourth-order valence-corrected chi connectivity index (χ4v) is 8.85. The zero-order valence-corrected chi connectivity index (χ0v) is 13.5. The van der Waals surface area contributed by atoms with Crippen molar-refractivity contribution in [2.75, 3.05) is 5.88 Å². The average molecular weight is 271 g/mol. The lowest BCUT2D eigenvalue weighted by atomic mass is 10.4. The molecule has 0 atom stereocenters. The smallest absolute Gasteiger partial charge is 0.0656 e. The van der Waals surface area contributed by atoms with Gasteiger partial charge < -0.3 is 0 Å². The highest BCUT2D eigenvalue weighted by Crippen LogP contribution is 2.35. The van der Waals surface area contributed by atoms with Gasteiger partial charge in [-0.3, -0.25) is 0 Å². The van der Waals surface area contributed by atoms with Crippen molar-refractivity contribution < 1.29 is 0 Å². The van der Waals surface area contributed by atoms with Crippen molar-refractivity contribution in [1.82, 2.24) is 0 Å². The molecule has 0 heterocycles. The Morgan fingerprint density at radius 2 is 1.24 bits per heavy atom. The second-order valence-electron chi connectivity index (χ2n) is 5.69. The normalized spacial score (nSPS) is 11.3. The van der Waals surface area contributed by atoms with Crippen molar-refractivity contribution in [1.29, 1.82) is 0 Å². The lowest BCUT2D eigenvalue weighted by Gasteiger charge is -2.33. The minimum absolute atomic E-state index is 0.761. The van der Waals surface area contributed by atoms with E-state index in [1.165, 1.54) is 40.9 Å². The Hall–Kier alpha value is -0.273. The van der Waals surface area contributed by atoms with Gasteiger partial charge in [0.25, 0.3) is 0 Å². The zero-order valence-electron chi connectivity index (χ0n) is 11.7. The van der Waals surface area contributed by atoms with Crippen molar-refractivity contribution in [2.24, 2.45) is 0 Å². The number of allylic oxidation sites excluding steroid dienone is 3. The summed E-state index contributed by atoms with van der Waals surface area (Å²) in [4.78, 5) is 0. The molecule has 0 aliphatic rings. The number of alkyl halides is 1. The number of hydrogen-bond donors (Lipinski definition) is 0. The van der Waals surface area contributed by atoms with Crippen molar-refractivity contribution >= 4 is 19.7 Å². The second-order valence-corrected chi connectivity index (χ2v) is 10.6. The van der Waals surface area contributed by atoms with Gasteiger partial charge in [-0.15, -0.1) is 31.3 Å². The first-order valence-corrected chi connectivity index (χ1v) is 9.67. The Labute approximate surface area is 113 Å². The molecular weight excluding hydrogens is 244 g/mol. The van der Waals surface area contributed by atoms with Gasteiger partial charge >= 0.3 is 0 Å². The van der Waals surface area contributed by atoms with Crippen LogP contribution >= 0.6 is 11.6 Å². The summed E-state index contributed by atoms with van der Waals surface area (Å²) in [5.41, 5.74) is 3.90. The van der Waals surface area contributed by atoms with E-state index in [0.29, 0.717) is 0 Å². The van der Waals surface area contributed by atoms with E-state index < -0.39 is 8.07 Å². The van der Waals surface area contributed by atoms with E-state index in [1.807, 2.05) is 0 Å². The van der Waals surface area contributed by atoms with E-state index in [-0.39, 0.29) is 0 Å². The van der Waals surface area contributed by atoms with E-state index in [0.717, 1.165) is 12.3 Å². The minimum atomic E-state index is -1.39. The van der Waals surface area contributed by atoms with Gasteiger partial charge in [-0.25, -0.2) is 0 Å². The lowest BCUT2D eigenvalue weighted by Crippen LogP contribution is -2.34. The first-order valence-electron chi connectivity index (χ1n) is 6.30. The van der Waals surface area contributed by atoms with Crippen LogP contribution in [0.15, 0.2) is 36.5 Å². The Morgan fingerprint density at radius 1 is 0.882 bits per heavy atom. The van der Waals surface area contributed by atoms with Crippen LogP contribution in [0.25, 0.3) is 0 Å². The highest BCUT2D eigenvalue weighted by Gasteiger charge is 2.32. The SMILES string of the molecule is C=C(C)C[Si](CCCCl)(CC(=C)C)CC(=C)C. The summed E-state index contributed by atoms with van der Waals surface area (Å²) in [6, 6.07) is 4.82. The van der Waals surface area contributed by atoms with Crippen LogP contribution in [0.3, 0.4) is 0 Å². The number of hydrogen-bond acceptors (Lipinski definition) is 0. The molecule has 0 fully saturated rings. The van der Waals surface area contributed by atoms with Crippen LogP contribution in [0.2, 0.25) is 24.2 Å².